The van der Waals surface area contributed by atoms with Crippen molar-refractivity contribution >= 4 is 11.7 Å². The van der Waals surface area contributed by atoms with E-state index < -0.39 is 0 Å². The molecule has 0 saturated carbocycles. The predicted octanol–water partition coefficient (Wildman–Crippen LogP) is 4.27. The molecule has 5 heteroatoms. The zero-order chi connectivity index (χ0) is 20.2. The third-order valence-electron chi connectivity index (χ3n) is 5.69. The van der Waals surface area contributed by atoms with E-state index >= 15 is 0 Å². The van der Waals surface area contributed by atoms with Gasteiger partial charge in [0.1, 0.15) is 0 Å². The van der Waals surface area contributed by atoms with Crippen LogP contribution in [0.3, 0.4) is 0 Å². The third kappa shape index (κ3) is 4.97. The molecule has 0 aromatic heterocycles. The van der Waals surface area contributed by atoms with Crippen molar-refractivity contribution < 1.29 is 4.79 Å². The van der Waals surface area contributed by atoms with Gasteiger partial charge in [0.2, 0.25) is 0 Å². The van der Waals surface area contributed by atoms with Gasteiger partial charge in [-0.25, -0.2) is 0 Å². The van der Waals surface area contributed by atoms with E-state index in [0.29, 0.717) is 29.4 Å². The van der Waals surface area contributed by atoms with Gasteiger partial charge in [0.05, 0.1) is 17.5 Å². The first kappa shape index (κ1) is 20.7. The molecular weight excluding hydrogens is 336 g/mol. The van der Waals surface area contributed by atoms with Crippen molar-refractivity contribution in [1.29, 1.82) is 10.7 Å². The SMILES string of the molecule is C=C(CC(C)(C)C1CCCN(C(=O)c2cccc(C#N)c2)C1)N(C)C(C)=N. The van der Waals surface area contributed by atoms with E-state index in [0.717, 1.165) is 31.5 Å². The number of carbonyl (C=O) groups excluding carboxylic acids is 1. The molecule has 1 atom stereocenters. The minimum Gasteiger partial charge on any atom is -0.338 e. The number of nitriles is 1. The molecule has 0 spiro atoms. The van der Waals surface area contributed by atoms with Gasteiger partial charge < -0.3 is 9.80 Å². The molecular formula is C22H30N4O. The van der Waals surface area contributed by atoms with E-state index in [2.05, 4.69) is 26.5 Å². The van der Waals surface area contributed by atoms with Crippen LogP contribution >= 0.6 is 0 Å². The van der Waals surface area contributed by atoms with Crippen LogP contribution in [-0.4, -0.2) is 41.7 Å². The molecule has 1 fully saturated rings. The Morgan fingerprint density at radius 1 is 1.48 bits per heavy atom. The minimum absolute atomic E-state index is 0.00104. The van der Waals surface area contributed by atoms with Gasteiger partial charge in [0.15, 0.2) is 0 Å². The van der Waals surface area contributed by atoms with Crippen molar-refractivity contribution in [3.05, 3.63) is 47.7 Å². The van der Waals surface area contributed by atoms with Gasteiger partial charge in [-0.2, -0.15) is 5.26 Å². The second kappa shape index (κ2) is 8.39. The summed E-state index contributed by atoms with van der Waals surface area (Å²) in [6, 6.07) is 9.02. The molecule has 1 amide bonds. The Labute approximate surface area is 162 Å². The van der Waals surface area contributed by atoms with Crippen molar-refractivity contribution in [2.75, 3.05) is 20.1 Å². The van der Waals surface area contributed by atoms with E-state index in [1.165, 1.54) is 0 Å². The number of nitrogens with zero attached hydrogens (tertiary/aromatic N) is 3. The van der Waals surface area contributed by atoms with E-state index in [1.807, 2.05) is 16.8 Å². The summed E-state index contributed by atoms with van der Waals surface area (Å²) in [4.78, 5) is 16.7. The second-order valence-corrected chi connectivity index (χ2v) is 8.16. The number of rotatable bonds is 5. The van der Waals surface area contributed by atoms with Crippen molar-refractivity contribution in [1.82, 2.24) is 9.80 Å². The number of carbonyl (C=O) groups is 1. The second-order valence-electron chi connectivity index (χ2n) is 8.16. The third-order valence-corrected chi connectivity index (χ3v) is 5.69. The largest absolute Gasteiger partial charge is 0.338 e. The van der Waals surface area contributed by atoms with Gasteiger partial charge in [0, 0.05) is 31.4 Å². The normalized spacial score (nSPS) is 17.1. The van der Waals surface area contributed by atoms with E-state index in [9.17, 15) is 4.79 Å². The van der Waals surface area contributed by atoms with Crippen LogP contribution < -0.4 is 0 Å². The predicted molar refractivity (Wildman–Crippen MR) is 108 cm³/mol. The highest BCUT2D eigenvalue weighted by Crippen LogP contribution is 2.39. The van der Waals surface area contributed by atoms with Crippen LogP contribution in [0, 0.1) is 28.1 Å². The van der Waals surface area contributed by atoms with Crippen molar-refractivity contribution in [3.8, 4) is 6.07 Å². The number of piperidine rings is 1. The summed E-state index contributed by atoms with van der Waals surface area (Å²) < 4.78 is 0. The first-order chi connectivity index (χ1) is 12.7. The van der Waals surface area contributed by atoms with Crippen molar-refractivity contribution in [3.63, 3.8) is 0 Å². The molecule has 5 nitrogen and oxygen atoms in total. The average Bonchev–Trinajstić information content (AvgIpc) is 2.66. The Kier molecular flexibility index (Phi) is 6.43. The zero-order valence-corrected chi connectivity index (χ0v) is 16.9. The average molecular weight is 367 g/mol. The van der Waals surface area contributed by atoms with E-state index in [-0.39, 0.29) is 11.3 Å². The molecule has 1 aromatic rings. The maximum atomic E-state index is 12.9. The quantitative estimate of drug-likeness (QED) is 0.625. The fourth-order valence-corrected chi connectivity index (χ4v) is 3.73. The topological polar surface area (TPSA) is 71.2 Å². The van der Waals surface area contributed by atoms with Gasteiger partial charge in [-0.15, -0.1) is 0 Å². The molecule has 1 saturated heterocycles. The number of amides is 1. The molecule has 0 bridgehead atoms. The van der Waals surface area contributed by atoms with E-state index in [1.54, 1.807) is 31.2 Å². The Bertz CT molecular complexity index is 775. The molecule has 1 aliphatic heterocycles. The van der Waals surface area contributed by atoms with Gasteiger partial charge in [0.25, 0.3) is 5.91 Å². The van der Waals surface area contributed by atoms with Crippen LogP contribution in [0.15, 0.2) is 36.5 Å². The molecule has 1 heterocycles. The number of benzene rings is 1. The fourth-order valence-electron chi connectivity index (χ4n) is 3.73. The Morgan fingerprint density at radius 2 is 2.19 bits per heavy atom. The van der Waals surface area contributed by atoms with Crippen LogP contribution in [0.5, 0.6) is 0 Å². The zero-order valence-electron chi connectivity index (χ0n) is 16.9. The maximum absolute atomic E-state index is 12.9. The summed E-state index contributed by atoms with van der Waals surface area (Å²) in [6.07, 6.45) is 2.84. The summed E-state index contributed by atoms with van der Waals surface area (Å²) >= 11 is 0. The summed E-state index contributed by atoms with van der Waals surface area (Å²) in [5.74, 6) is 0.845. The van der Waals surface area contributed by atoms with Crippen molar-refractivity contribution in [2.24, 2.45) is 11.3 Å². The molecule has 0 radical (unpaired) electrons. The van der Waals surface area contributed by atoms with E-state index in [4.69, 9.17) is 10.7 Å². The summed E-state index contributed by atoms with van der Waals surface area (Å²) in [6.45, 7) is 11.8. The lowest BCUT2D eigenvalue weighted by atomic mass is 9.71. The molecule has 1 unspecified atom stereocenters. The van der Waals surface area contributed by atoms with Gasteiger partial charge >= 0.3 is 0 Å². The number of nitrogens with one attached hydrogen (secondary N) is 1. The smallest absolute Gasteiger partial charge is 0.253 e. The lowest BCUT2D eigenvalue weighted by molar-refractivity contribution is 0.0527. The molecule has 1 aliphatic rings. The Hall–Kier alpha value is -2.61. The summed E-state index contributed by atoms with van der Waals surface area (Å²) in [5.41, 5.74) is 2.00. The molecule has 2 rings (SSSR count). The summed E-state index contributed by atoms with van der Waals surface area (Å²) in [5, 5.41) is 16.9. The van der Waals surface area contributed by atoms with Crippen LogP contribution in [-0.2, 0) is 0 Å². The standard InChI is InChI=1S/C22H30N4O/c1-16(25(5)17(2)24)13-22(3,4)20-10-7-11-26(15-20)21(27)19-9-6-8-18(12-19)14-23/h6,8-9,12,20,24H,1,7,10-11,13,15H2,2-5H3. The highest BCUT2D eigenvalue weighted by molar-refractivity contribution is 5.94. The Morgan fingerprint density at radius 3 is 2.81 bits per heavy atom. The van der Waals surface area contributed by atoms with Crippen LogP contribution in [0.25, 0.3) is 0 Å². The first-order valence-electron chi connectivity index (χ1n) is 9.42. The molecule has 0 aliphatic carbocycles. The Balaban J connectivity index is 2.10. The number of amidine groups is 1. The lowest BCUT2D eigenvalue weighted by Gasteiger charge is -2.42. The van der Waals surface area contributed by atoms with Gasteiger partial charge in [-0.05, 0) is 55.7 Å². The van der Waals surface area contributed by atoms with Gasteiger partial charge in [-0.3, -0.25) is 10.2 Å². The fraction of sp³-hybridized carbons (Fsp3) is 0.500. The molecule has 27 heavy (non-hydrogen) atoms. The monoisotopic (exact) mass is 366 g/mol. The van der Waals surface area contributed by atoms with Gasteiger partial charge in [-0.1, -0.05) is 26.5 Å². The maximum Gasteiger partial charge on any atom is 0.253 e. The molecule has 1 aromatic carbocycles. The van der Waals surface area contributed by atoms with Crippen LogP contribution in [0.1, 0.15) is 56.0 Å². The molecule has 144 valence electrons. The number of hydrogen-bond donors (Lipinski definition) is 1. The summed E-state index contributed by atoms with van der Waals surface area (Å²) in [7, 11) is 1.87. The highest BCUT2D eigenvalue weighted by atomic mass is 16.2. The number of allylic oxidation sites excluding steroid dienone is 1. The number of hydrogen-bond acceptors (Lipinski definition) is 3. The number of likely N-dealkylation sites (tertiary alicyclic amines) is 1. The lowest BCUT2D eigenvalue weighted by Crippen LogP contribution is -2.45. The molecule has 1 N–H and O–H groups in total. The van der Waals surface area contributed by atoms with Crippen LogP contribution in [0.4, 0.5) is 0 Å². The first-order valence-corrected chi connectivity index (χ1v) is 9.42. The highest BCUT2D eigenvalue weighted by Gasteiger charge is 2.35. The van der Waals surface area contributed by atoms with Crippen LogP contribution in [0.2, 0.25) is 0 Å². The van der Waals surface area contributed by atoms with Crippen molar-refractivity contribution in [2.45, 2.75) is 40.0 Å². The minimum atomic E-state index is -0.0196.